The summed E-state index contributed by atoms with van der Waals surface area (Å²) < 4.78 is 51.8. The third kappa shape index (κ3) is 10.7. The van der Waals surface area contributed by atoms with Crippen LogP contribution in [0.1, 0.15) is 113 Å². The zero-order valence-electron chi connectivity index (χ0n) is 47.5. The number of carboxylic acid groups (broad SMARTS) is 1. The summed E-state index contributed by atoms with van der Waals surface area (Å²) in [6.07, 6.45) is -29.9. The lowest BCUT2D eigenvalue weighted by molar-refractivity contribution is -0.364. The molecule has 0 bridgehead atoms. The van der Waals surface area contributed by atoms with Crippen molar-refractivity contribution in [3.63, 3.8) is 0 Å². The predicted molar refractivity (Wildman–Crippen MR) is 274 cm³/mol. The van der Waals surface area contributed by atoms with Crippen molar-refractivity contribution in [1.82, 2.24) is 0 Å². The van der Waals surface area contributed by atoms with E-state index in [2.05, 4.69) is 40.7 Å². The molecule has 29 atom stereocenters. The number of carboxylic acids is 1. The molecule has 14 N–H and O–H groups in total. The number of carbonyl (C=O) groups is 3. The highest BCUT2D eigenvalue weighted by molar-refractivity contribution is 5.79. The molecule has 0 radical (unpaired) electrons. The second kappa shape index (κ2) is 23.5. The molecule has 468 valence electrons. The van der Waals surface area contributed by atoms with Gasteiger partial charge in [0.2, 0.25) is 6.29 Å². The fourth-order valence-corrected chi connectivity index (χ4v) is 16.4. The molecule has 82 heavy (non-hydrogen) atoms. The molecule has 0 aromatic carbocycles. The highest BCUT2D eigenvalue weighted by Crippen LogP contribution is 2.76. The summed E-state index contributed by atoms with van der Waals surface area (Å²) in [5, 5.41) is 153. The molecule has 0 spiro atoms. The lowest BCUT2D eigenvalue weighted by Gasteiger charge is -2.71. The Morgan fingerprint density at radius 3 is 1.67 bits per heavy atom. The summed E-state index contributed by atoms with van der Waals surface area (Å²) in [5.74, 6) is -3.03. The van der Waals surface area contributed by atoms with Crippen LogP contribution < -0.4 is 0 Å². The number of aliphatic hydroxyl groups is 13. The zero-order chi connectivity index (χ0) is 60.1. The minimum atomic E-state index is -2.07. The minimum Gasteiger partial charge on any atom is -0.481 e. The Morgan fingerprint density at radius 2 is 1.10 bits per heavy atom. The first-order valence-corrected chi connectivity index (χ1v) is 28.9. The van der Waals surface area contributed by atoms with Crippen LogP contribution in [0.2, 0.25) is 0 Å². The molecule has 4 saturated carbocycles. The van der Waals surface area contributed by atoms with Crippen LogP contribution in [0.15, 0.2) is 11.6 Å². The number of fused-ring (bicyclic) bond motifs is 7. The van der Waals surface area contributed by atoms with Crippen molar-refractivity contribution < 1.29 is 129 Å². The van der Waals surface area contributed by atoms with Crippen molar-refractivity contribution in [2.45, 2.75) is 242 Å². The molecule has 26 nitrogen and oxygen atoms in total. The molecule has 9 rings (SSSR count). The Bertz CT molecular complexity index is 2340. The maximum Gasteiger partial charge on any atom is 0.315 e. The molecule has 8 fully saturated rings. The topological polar surface area (TPSA) is 418 Å². The lowest BCUT2D eigenvalue weighted by atomic mass is 9.33. The third-order valence-electron chi connectivity index (χ3n) is 21.8. The summed E-state index contributed by atoms with van der Waals surface area (Å²) >= 11 is 0. The van der Waals surface area contributed by atoms with E-state index < -0.39 is 195 Å². The fraction of sp³-hybridized carbons (Fsp3) is 0.911. The largest absolute Gasteiger partial charge is 0.481 e. The summed E-state index contributed by atoms with van der Waals surface area (Å²) in [6, 6.07) is 0. The van der Waals surface area contributed by atoms with E-state index in [0.29, 0.717) is 64.2 Å². The zero-order valence-corrected chi connectivity index (χ0v) is 47.5. The van der Waals surface area contributed by atoms with E-state index in [1.165, 1.54) is 0 Å². The molecule has 5 aliphatic carbocycles. The Hall–Kier alpha value is -2.65. The molecule has 29 unspecified atom stereocenters. The molecule has 0 aromatic heterocycles. The van der Waals surface area contributed by atoms with Gasteiger partial charge in [0, 0.05) is 6.92 Å². The van der Waals surface area contributed by atoms with Gasteiger partial charge in [-0.15, -0.1) is 0 Å². The van der Waals surface area contributed by atoms with Crippen LogP contribution in [-0.2, 0) is 57.0 Å². The van der Waals surface area contributed by atoms with Crippen molar-refractivity contribution in [2.24, 2.45) is 50.2 Å². The Morgan fingerprint density at radius 1 is 0.573 bits per heavy atom. The SMILES string of the molecule is CC(=O)OCC1OC(OCC2OC(OCC3OC(OC(=O)C45CCC(C)(C)CC4C4=CCC6C7(C)CCC(O)C(C)(C(=O)O)C7CCC6(C)C4(C)CC5)C(O)C(OC4OC(CO)C(O)C(O)C4O)C3O)C(O)C(O)C2O)C(O)C(O)C1O. The molecule has 0 aromatic rings. The van der Waals surface area contributed by atoms with Crippen LogP contribution in [0.5, 0.6) is 0 Å². The molecule has 4 heterocycles. The molecule has 9 aliphatic rings. The quantitative estimate of drug-likeness (QED) is 0.0637. The number of ether oxygens (including phenoxy) is 9. The van der Waals surface area contributed by atoms with Gasteiger partial charge in [0.05, 0.1) is 36.8 Å². The second-order valence-electron chi connectivity index (χ2n) is 26.7. The average Bonchev–Trinajstić information content (AvgIpc) is 1.14. The smallest absolute Gasteiger partial charge is 0.315 e. The number of hydrogen-bond acceptors (Lipinski definition) is 25. The Labute approximate surface area is 475 Å². The number of carbonyl (C=O) groups excluding carboxylic acids is 2. The van der Waals surface area contributed by atoms with Crippen molar-refractivity contribution in [2.75, 3.05) is 26.4 Å². The molecule has 4 aliphatic heterocycles. The predicted octanol–water partition coefficient (Wildman–Crippen LogP) is -2.40. The normalized spacial score (nSPS) is 51.9. The van der Waals surface area contributed by atoms with Crippen molar-refractivity contribution in [3.05, 3.63) is 11.6 Å². The Balaban J connectivity index is 0.966. The number of allylic oxidation sites excluding steroid dienone is 2. The van der Waals surface area contributed by atoms with E-state index in [4.69, 9.17) is 42.6 Å². The van der Waals surface area contributed by atoms with Crippen LogP contribution >= 0.6 is 0 Å². The summed E-state index contributed by atoms with van der Waals surface area (Å²) in [4.78, 5) is 39.9. The maximum absolute atomic E-state index is 15.5. The van der Waals surface area contributed by atoms with E-state index in [1.54, 1.807) is 6.92 Å². The van der Waals surface area contributed by atoms with Crippen LogP contribution in [0.25, 0.3) is 0 Å². The molecule has 4 saturated heterocycles. The average molecular weight is 1180 g/mol. The third-order valence-corrected chi connectivity index (χ3v) is 21.8. The first-order valence-electron chi connectivity index (χ1n) is 28.9. The number of aliphatic hydroxyl groups excluding tert-OH is 13. The van der Waals surface area contributed by atoms with Crippen LogP contribution in [0.3, 0.4) is 0 Å². The standard InChI is InChI=1S/C56H88O26/c1-23(58)74-20-27-34(61)38(65)40(67)45(78-27)75-21-28-35(62)39(66)41(68)46(79-28)76-22-29-36(63)44(81-47-42(69)37(64)33(60)26(19-57)77-47)43(70)48(80-29)82-50(73)56-16-14-51(2,3)18-25(56)24-8-9-30-52(4)12-11-32(59)55(7,49(71)72)31(52)10-13-54(30,6)53(24,5)15-17-56/h8,25-48,57,59-70H,9-22H2,1-7H3,(H,71,72). The Kier molecular flexibility index (Phi) is 18.3. The number of rotatable bonds is 14. The summed E-state index contributed by atoms with van der Waals surface area (Å²) in [6.45, 7) is 10.9. The second-order valence-corrected chi connectivity index (χ2v) is 26.7. The summed E-state index contributed by atoms with van der Waals surface area (Å²) in [5.41, 5.74) is -2.82. The van der Waals surface area contributed by atoms with Gasteiger partial charge in [0.1, 0.15) is 104 Å². The summed E-state index contributed by atoms with van der Waals surface area (Å²) in [7, 11) is 0. The van der Waals surface area contributed by atoms with E-state index in [9.17, 15) is 81.1 Å². The fourth-order valence-electron chi connectivity index (χ4n) is 16.4. The highest BCUT2D eigenvalue weighted by atomic mass is 16.8. The van der Waals surface area contributed by atoms with Crippen LogP contribution in [0, 0.1) is 50.2 Å². The van der Waals surface area contributed by atoms with Crippen LogP contribution in [-0.4, -0.2) is 245 Å². The number of esters is 2. The van der Waals surface area contributed by atoms with Gasteiger partial charge >= 0.3 is 17.9 Å². The van der Waals surface area contributed by atoms with E-state index in [1.807, 2.05) is 0 Å². The van der Waals surface area contributed by atoms with E-state index in [0.717, 1.165) is 12.5 Å². The van der Waals surface area contributed by atoms with Gasteiger partial charge in [-0.05, 0) is 111 Å². The monoisotopic (exact) mass is 1180 g/mol. The van der Waals surface area contributed by atoms with E-state index >= 15 is 4.79 Å². The van der Waals surface area contributed by atoms with Gasteiger partial charge in [-0.2, -0.15) is 0 Å². The van der Waals surface area contributed by atoms with Gasteiger partial charge in [0.15, 0.2) is 18.9 Å². The number of aliphatic carboxylic acids is 1. The minimum absolute atomic E-state index is 0.0597. The van der Waals surface area contributed by atoms with Crippen LogP contribution in [0.4, 0.5) is 0 Å². The van der Waals surface area contributed by atoms with Gasteiger partial charge in [-0.3, -0.25) is 14.4 Å². The molecular formula is C56H88O26. The van der Waals surface area contributed by atoms with Gasteiger partial charge in [0.25, 0.3) is 0 Å². The lowest BCUT2D eigenvalue weighted by Crippen LogP contribution is -2.67. The first kappa shape index (κ1) is 63.8. The van der Waals surface area contributed by atoms with E-state index in [-0.39, 0.29) is 28.6 Å². The molecular weight excluding hydrogens is 1090 g/mol. The maximum atomic E-state index is 15.5. The van der Waals surface area contributed by atoms with Gasteiger partial charge in [-0.1, -0.05) is 46.3 Å². The van der Waals surface area contributed by atoms with Crippen molar-refractivity contribution in [1.29, 1.82) is 0 Å². The molecule has 0 amide bonds. The van der Waals surface area contributed by atoms with Gasteiger partial charge in [-0.25, -0.2) is 0 Å². The van der Waals surface area contributed by atoms with Gasteiger partial charge < -0.3 is 114 Å². The first-order chi connectivity index (χ1) is 38.3. The molecule has 26 heteroatoms. The van der Waals surface area contributed by atoms with Crippen molar-refractivity contribution in [3.8, 4) is 0 Å². The highest BCUT2D eigenvalue weighted by Gasteiger charge is 2.71. The number of hydrogen-bond donors (Lipinski definition) is 14. The van der Waals surface area contributed by atoms with Crippen molar-refractivity contribution >= 4 is 17.9 Å².